The summed E-state index contributed by atoms with van der Waals surface area (Å²) in [5.74, 6) is 1.14. The lowest BCUT2D eigenvalue weighted by molar-refractivity contribution is -0.114. The number of carbonyl (C=O) groups excluding carboxylic acids is 1. The zero-order chi connectivity index (χ0) is 7.68. The number of hydrogen-bond donors (Lipinski definition) is 0. The van der Waals surface area contributed by atoms with Gasteiger partial charge in [0.25, 0.3) is 0 Å². The van der Waals surface area contributed by atoms with E-state index in [9.17, 15) is 4.79 Å². The first kappa shape index (κ1) is 6.65. The van der Waals surface area contributed by atoms with Crippen molar-refractivity contribution in [3.8, 4) is 0 Å². The Morgan fingerprint density at radius 2 is 2.27 bits per heavy atom. The van der Waals surface area contributed by atoms with Crippen LogP contribution < -0.4 is 0 Å². The second-order valence-electron chi connectivity index (χ2n) is 2.90. The lowest BCUT2D eigenvalue weighted by Crippen LogP contribution is -2.11. The van der Waals surface area contributed by atoms with Gasteiger partial charge in [0.2, 0.25) is 0 Å². The number of ether oxygens (including phenoxy) is 1. The quantitative estimate of drug-likeness (QED) is 0.524. The first-order valence-corrected chi connectivity index (χ1v) is 3.92. The van der Waals surface area contributed by atoms with Gasteiger partial charge in [-0.05, 0) is 30.6 Å². The van der Waals surface area contributed by atoms with E-state index in [4.69, 9.17) is 4.74 Å². The number of ketones is 1. The number of allylic oxidation sites excluding steroid dienone is 3. The Hall–Kier alpha value is -1.05. The van der Waals surface area contributed by atoms with E-state index < -0.39 is 0 Å². The van der Waals surface area contributed by atoms with Gasteiger partial charge in [-0.15, -0.1) is 0 Å². The molecular formula is C9H10O2. The first-order valence-electron chi connectivity index (χ1n) is 3.92. The summed E-state index contributed by atoms with van der Waals surface area (Å²) in [4.78, 5) is 10.9. The van der Waals surface area contributed by atoms with Crippen molar-refractivity contribution in [3.05, 3.63) is 23.5 Å². The summed E-state index contributed by atoms with van der Waals surface area (Å²) >= 11 is 0. The first-order chi connectivity index (χ1) is 5.36. The zero-order valence-electron chi connectivity index (χ0n) is 6.30. The van der Waals surface area contributed by atoms with Gasteiger partial charge in [-0.25, -0.2) is 0 Å². The monoisotopic (exact) mass is 150 g/mol. The fraction of sp³-hybridized carbons (Fsp3) is 0.444. The Morgan fingerprint density at radius 3 is 3.18 bits per heavy atom. The van der Waals surface area contributed by atoms with E-state index in [0.717, 1.165) is 25.2 Å². The predicted molar refractivity (Wildman–Crippen MR) is 41.0 cm³/mol. The van der Waals surface area contributed by atoms with Crippen LogP contribution in [-0.4, -0.2) is 12.4 Å². The maximum atomic E-state index is 10.9. The average Bonchev–Trinajstić information content (AvgIpc) is 2.04. The molecule has 2 nitrogen and oxygen atoms in total. The lowest BCUT2D eigenvalue weighted by atomic mass is 9.97. The molecule has 0 atom stereocenters. The van der Waals surface area contributed by atoms with Crippen molar-refractivity contribution in [2.45, 2.75) is 19.3 Å². The summed E-state index contributed by atoms with van der Waals surface area (Å²) in [5.41, 5.74) is 1.18. The normalized spacial score (nSPS) is 23.1. The van der Waals surface area contributed by atoms with Crippen LogP contribution in [-0.2, 0) is 9.53 Å². The minimum Gasteiger partial charge on any atom is -0.494 e. The molecule has 2 aliphatic rings. The van der Waals surface area contributed by atoms with Crippen molar-refractivity contribution >= 4 is 5.78 Å². The van der Waals surface area contributed by atoms with Gasteiger partial charge in [0, 0.05) is 6.42 Å². The summed E-state index contributed by atoms with van der Waals surface area (Å²) in [6.45, 7) is 0.803. The van der Waals surface area contributed by atoms with Gasteiger partial charge < -0.3 is 4.74 Å². The van der Waals surface area contributed by atoms with E-state index >= 15 is 0 Å². The van der Waals surface area contributed by atoms with E-state index in [2.05, 4.69) is 0 Å². The van der Waals surface area contributed by atoms with Crippen LogP contribution in [0.15, 0.2) is 23.5 Å². The molecule has 0 bridgehead atoms. The van der Waals surface area contributed by atoms with Gasteiger partial charge in [0.1, 0.15) is 5.76 Å². The van der Waals surface area contributed by atoms with E-state index in [1.165, 1.54) is 5.57 Å². The third kappa shape index (κ3) is 1.20. The van der Waals surface area contributed by atoms with Gasteiger partial charge in [-0.1, -0.05) is 0 Å². The number of hydrogen-bond acceptors (Lipinski definition) is 2. The van der Waals surface area contributed by atoms with Crippen molar-refractivity contribution in [2.24, 2.45) is 0 Å². The molecule has 58 valence electrons. The van der Waals surface area contributed by atoms with Crippen LogP contribution in [0.2, 0.25) is 0 Å². The van der Waals surface area contributed by atoms with Gasteiger partial charge in [-0.2, -0.15) is 0 Å². The Kier molecular flexibility index (Phi) is 1.53. The molecule has 1 heterocycles. The van der Waals surface area contributed by atoms with Crippen LogP contribution in [0, 0.1) is 0 Å². The smallest absolute Gasteiger partial charge is 0.159 e. The van der Waals surface area contributed by atoms with Gasteiger partial charge in [-0.3, -0.25) is 4.79 Å². The molecule has 0 fully saturated rings. The molecule has 0 aromatic carbocycles. The third-order valence-corrected chi connectivity index (χ3v) is 2.04. The van der Waals surface area contributed by atoms with Crippen LogP contribution in [0.3, 0.4) is 0 Å². The highest BCUT2D eigenvalue weighted by atomic mass is 16.5. The van der Waals surface area contributed by atoms with Crippen molar-refractivity contribution in [2.75, 3.05) is 6.61 Å². The molecule has 2 heteroatoms. The van der Waals surface area contributed by atoms with Crippen molar-refractivity contribution < 1.29 is 9.53 Å². The topological polar surface area (TPSA) is 26.3 Å². The summed E-state index contributed by atoms with van der Waals surface area (Å²) in [6, 6.07) is 0. The molecule has 0 unspecified atom stereocenters. The summed E-state index contributed by atoms with van der Waals surface area (Å²) in [6.07, 6.45) is 6.06. The lowest BCUT2D eigenvalue weighted by Gasteiger charge is -2.20. The van der Waals surface area contributed by atoms with Crippen molar-refractivity contribution in [1.29, 1.82) is 0 Å². The molecule has 0 amide bonds. The van der Waals surface area contributed by atoms with Gasteiger partial charge in [0.05, 0.1) is 6.61 Å². The van der Waals surface area contributed by atoms with E-state index in [-0.39, 0.29) is 5.78 Å². The van der Waals surface area contributed by atoms with Crippen LogP contribution in [0.5, 0.6) is 0 Å². The second kappa shape index (κ2) is 2.53. The average molecular weight is 150 g/mol. The van der Waals surface area contributed by atoms with E-state index in [0.29, 0.717) is 6.42 Å². The Morgan fingerprint density at radius 1 is 1.36 bits per heavy atom. The summed E-state index contributed by atoms with van der Waals surface area (Å²) in [7, 11) is 0. The Labute approximate surface area is 65.5 Å². The highest BCUT2D eigenvalue weighted by molar-refractivity contribution is 5.93. The molecular weight excluding hydrogens is 140 g/mol. The van der Waals surface area contributed by atoms with Crippen molar-refractivity contribution in [3.63, 3.8) is 0 Å². The SMILES string of the molecule is O=C1C=CC2=C(CCCO2)C1. The molecule has 0 radical (unpaired) electrons. The highest BCUT2D eigenvalue weighted by Gasteiger charge is 2.17. The standard InChI is InChI=1S/C9H10O2/c10-8-3-4-9-7(6-8)2-1-5-11-9/h3-4H,1-2,5-6H2. The van der Waals surface area contributed by atoms with Crippen LogP contribution >= 0.6 is 0 Å². The minimum absolute atomic E-state index is 0.203. The van der Waals surface area contributed by atoms with Crippen LogP contribution in [0.25, 0.3) is 0 Å². The molecule has 1 aliphatic heterocycles. The molecule has 0 spiro atoms. The Bertz CT molecular complexity index is 248. The van der Waals surface area contributed by atoms with Gasteiger partial charge >= 0.3 is 0 Å². The molecule has 2 rings (SSSR count). The zero-order valence-corrected chi connectivity index (χ0v) is 6.30. The fourth-order valence-corrected chi connectivity index (χ4v) is 1.47. The number of rotatable bonds is 0. The maximum Gasteiger partial charge on any atom is 0.159 e. The van der Waals surface area contributed by atoms with Crippen molar-refractivity contribution in [1.82, 2.24) is 0 Å². The molecule has 0 saturated carbocycles. The molecule has 0 aromatic rings. The molecule has 1 aliphatic carbocycles. The minimum atomic E-state index is 0.203. The Balaban J connectivity index is 2.26. The molecule has 11 heavy (non-hydrogen) atoms. The molecule has 0 saturated heterocycles. The molecule has 0 N–H and O–H groups in total. The van der Waals surface area contributed by atoms with E-state index in [1.54, 1.807) is 12.2 Å². The fourth-order valence-electron chi connectivity index (χ4n) is 1.47. The maximum absolute atomic E-state index is 10.9. The largest absolute Gasteiger partial charge is 0.494 e. The predicted octanol–water partition coefficient (Wildman–Crippen LogP) is 1.58. The van der Waals surface area contributed by atoms with Crippen LogP contribution in [0.1, 0.15) is 19.3 Å². The van der Waals surface area contributed by atoms with Crippen LogP contribution in [0.4, 0.5) is 0 Å². The number of carbonyl (C=O) groups is 1. The van der Waals surface area contributed by atoms with Gasteiger partial charge in [0.15, 0.2) is 5.78 Å². The summed E-state index contributed by atoms with van der Waals surface area (Å²) in [5, 5.41) is 0. The molecule has 0 aromatic heterocycles. The highest BCUT2D eigenvalue weighted by Crippen LogP contribution is 2.26. The van der Waals surface area contributed by atoms with E-state index in [1.807, 2.05) is 0 Å². The second-order valence-corrected chi connectivity index (χ2v) is 2.90. The third-order valence-electron chi connectivity index (χ3n) is 2.04. The summed E-state index contributed by atoms with van der Waals surface area (Å²) < 4.78 is 5.37.